The van der Waals surface area contributed by atoms with Crippen LogP contribution in [0.2, 0.25) is 0 Å². The predicted octanol–water partition coefficient (Wildman–Crippen LogP) is 2.82. The summed E-state index contributed by atoms with van der Waals surface area (Å²) in [5.41, 5.74) is 0.544. The summed E-state index contributed by atoms with van der Waals surface area (Å²) >= 11 is 1.11. The van der Waals surface area contributed by atoms with Crippen LogP contribution in [0.15, 0.2) is 46.7 Å². The van der Waals surface area contributed by atoms with Gasteiger partial charge in [0.15, 0.2) is 5.16 Å². The zero-order valence-electron chi connectivity index (χ0n) is 9.17. The molecule has 0 aliphatic rings. The first-order chi connectivity index (χ1) is 8.18. The van der Waals surface area contributed by atoms with E-state index in [1.807, 2.05) is 0 Å². The third-order valence-electron chi connectivity index (χ3n) is 2.18. The summed E-state index contributed by atoms with van der Waals surface area (Å²) in [5, 5.41) is 10.0. The molecule has 1 atom stereocenters. The van der Waals surface area contributed by atoms with E-state index in [4.69, 9.17) is 0 Å². The number of benzene rings is 1. The lowest BCUT2D eigenvalue weighted by Crippen LogP contribution is -1.97. The Bertz CT molecular complexity index is 505. The fraction of sp³-hybridized carbons (Fsp3) is 0.167. The lowest BCUT2D eigenvalue weighted by Gasteiger charge is -2.11. The molecule has 0 bridgehead atoms. The first-order valence-corrected chi connectivity index (χ1v) is 5.91. The minimum absolute atomic E-state index is 0.369. The normalized spacial score (nSPS) is 12.4. The number of aliphatic hydroxyl groups excluding tert-OH is 1. The molecular weight excluding hydrogens is 239 g/mol. The van der Waals surface area contributed by atoms with E-state index < -0.39 is 6.10 Å². The van der Waals surface area contributed by atoms with Crippen molar-refractivity contribution >= 4 is 11.8 Å². The van der Waals surface area contributed by atoms with E-state index in [1.54, 1.807) is 37.5 Å². The second kappa shape index (κ2) is 5.25. The van der Waals surface area contributed by atoms with E-state index in [-0.39, 0.29) is 5.82 Å². The average Bonchev–Trinajstić information content (AvgIpc) is 2.33. The molecule has 1 aromatic heterocycles. The van der Waals surface area contributed by atoms with Gasteiger partial charge in [0.2, 0.25) is 0 Å². The Labute approximate surface area is 103 Å². The van der Waals surface area contributed by atoms with Crippen molar-refractivity contribution < 1.29 is 9.50 Å². The lowest BCUT2D eigenvalue weighted by atomic mass is 10.1. The Morgan fingerprint density at radius 3 is 2.59 bits per heavy atom. The largest absolute Gasteiger partial charge is 0.389 e. The van der Waals surface area contributed by atoms with Crippen LogP contribution < -0.4 is 0 Å². The van der Waals surface area contributed by atoms with Gasteiger partial charge in [-0.1, -0.05) is 12.1 Å². The Morgan fingerprint density at radius 2 is 1.94 bits per heavy atom. The van der Waals surface area contributed by atoms with Crippen molar-refractivity contribution in [2.24, 2.45) is 0 Å². The molecule has 1 aromatic carbocycles. The van der Waals surface area contributed by atoms with Crippen molar-refractivity contribution in [2.75, 3.05) is 0 Å². The molecule has 17 heavy (non-hydrogen) atoms. The van der Waals surface area contributed by atoms with Crippen LogP contribution in [-0.2, 0) is 0 Å². The molecule has 1 unspecified atom stereocenters. The Kier molecular flexibility index (Phi) is 3.71. The Hall–Kier alpha value is -1.46. The summed E-state index contributed by atoms with van der Waals surface area (Å²) in [6, 6.07) is 6.32. The molecule has 88 valence electrons. The Morgan fingerprint density at radius 1 is 1.24 bits per heavy atom. The molecule has 0 aliphatic heterocycles. The molecule has 0 aliphatic carbocycles. The van der Waals surface area contributed by atoms with Gasteiger partial charge in [-0.15, -0.1) is 0 Å². The van der Waals surface area contributed by atoms with Crippen molar-refractivity contribution in [3.8, 4) is 0 Å². The zero-order valence-corrected chi connectivity index (χ0v) is 9.99. The summed E-state index contributed by atoms with van der Waals surface area (Å²) in [6.07, 6.45) is 2.47. The number of aliphatic hydroxyl groups is 1. The first-order valence-electron chi connectivity index (χ1n) is 5.10. The molecule has 0 saturated carbocycles. The zero-order chi connectivity index (χ0) is 12.3. The standard InChI is InChI=1S/C12H11FN2OS/c1-8(16)9-4-2-5-10(13)11(9)17-12-14-6-3-7-15-12/h2-8,16H,1H3. The molecule has 3 nitrogen and oxygen atoms in total. The van der Waals surface area contributed by atoms with Crippen LogP contribution in [0, 0.1) is 5.82 Å². The molecule has 0 saturated heterocycles. The van der Waals surface area contributed by atoms with Crippen molar-refractivity contribution in [3.05, 3.63) is 48.0 Å². The van der Waals surface area contributed by atoms with Gasteiger partial charge in [0, 0.05) is 12.4 Å². The molecule has 0 fully saturated rings. The van der Waals surface area contributed by atoms with E-state index in [2.05, 4.69) is 9.97 Å². The molecule has 0 radical (unpaired) electrons. The third kappa shape index (κ3) is 2.81. The second-order valence-electron chi connectivity index (χ2n) is 3.47. The smallest absolute Gasteiger partial charge is 0.192 e. The van der Waals surface area contributed by atoms with E-state index in [0.717, 1.165) is 11.8 Å². The lowest BCUT2D eigenvalue weighted by molar-refractivity contribution is 0.195. The Balaban J connectivity index is 2.38. The summed E-state index contributed by atoms with van der Waals surface area (Å²) in [6.45, 7) is 1.60. The quantitative estimate of drug-likeness (QED) is 0.851. The van der Waals surface area contributed by atoms with Gasteiger partial charge in [0.25, 0.3) is 0 Å². The van der Waals surface area contributed by atoms with E-state index in [0.29, 0.717) is 15.6 Å². The molecule has 5 heteroatoms. The third-order valence-corrected chi connectivity index (χ3v) is 3.21. The highest BCUT2D eigenvalue weighted by molar-refractivity contribution is 7.99. The van der Waals surface area contributed by atoms with Crippen molar-refractivity contribution in [2.45, 2.75) is 23.1 Å². The highest BCUT2D eigenvalue weighted by Gasteiger charge is 2.14. The van der Waals surface area contributed by atoms with Crippen LogP contribution >= 0.6 is 11.8 Å². The number of hydrogen-bond acceptors (Lipinski definition) is 4. The van der Waals surface area contributed by atoms with Crippen molar-refractivity contribution in [1.29, 1.82) is 0 Å². The second-order valence-corrected chi connectivity index (χ2v) is 4.45. The molecule has 2 aromatic rings. The molecule has 0 spiro atoms. The minimum atomic E-state index is -0.725. The van der Waals surface area contributed by atoms with Crippen LogP contribution in [0.5, 0.6) is 0 Å². The molecule has 0 amide bonds. The van der Waals surface area contributed by atoms with Crippen LogP contribution in [0.1, 0.15) is 18.6 Å². The monoisotopic (exact) mass is 250 g/mol. The maximum Gasteiger partial charge on any atom is 0.192 e. The highest BCUT2D eigenvalue weighted by atomic mass is 32.2. The maximum atomic E-state index is 13.7. The summed E-state index contributed by atoms with van der Waals surface area (Å²) < 4.78 is 13.7. The summed E-state index contributed by atoms with van der Waals surface area (Å²) in [5.74, 6) is -0.374. The summed E-state index contributed by atoms with van der Waals surface area (Å²) in [4.78, 5) is 8.41. The van der Waals surface area contributed by atoms with Gasteiger partial charge in [0.1, 0.15) is 5.82 Å². The van der Waals surface area contributed by atoms with E-state index in [9.17, 15) is 9.50 Å². The van der Waals surface area contributed by atoms with Crippen LogP contribution in [0.3, 0.4) is 0 Å². The minimum Gasteiger partial charge on any atom is -0.389 e. The topological polar surface area (TPSA) is 46.0 Å². The van der Waals surface area contributed by atoms with Crippen LogP contribution in [0.4, 0.5) is 4.39 Å². The fourth-order valence-electron chi connectivity index (χ4n) is 1.39. The molecule has 1 heterocycles. The van der Waals surface area contributed by atoms with E-state index in [1.165, 1.54) is 6.07 Å². The fourth-order valence-corrected chi connectivity index (χ4v) is 2.32. The van der Waals surface area contributed by atoms with Crippen molar-refractivity contribution in [1.82, 2.24) is 9.97 Å². The molecule has 2 rings (SSSR count). The number of hydrogen-bond donors (Lipinski definition) is 1. The number of nitrogens with zero attached hydrogens (tertiary/aromatic N) is 2. The summed E-state index contributed by atoms with van der Waals surface area (Å²) in [7, 11) is 0. The van der Waals surface area contributed by atoms with Gasteiger partial charge in [-0.25, -0.2) is 14.4 Å². The van der Waals surface area contributed by atoms with Gasteiger partial charge >= 0.3 is 0 Å². The van der Waals surface area contributed by atoms with E-state index >= 15 is 0 Å². The SMILES string of the molecule is CC(O)c1cccc(F)c1Sc1ncccn1. The first kappa shape index (κ1) is 12.0. The molecule has 1 N–H and O–H groups in total. The van der Waals surface area contributed by atoms with Crippen molar-refractivity contribution in [3.63, 3.8) is 0 Å². The maximum absolute atomic E-state index is 13.7. The number of aromatic nitrogens is 2. The van der Waals surface area contributed by atoms with Gasteiger partial charge in [-0.05, 0) is 36.4 Å². The highest BCUT2D eigenvalue weighted by Crippen LogP contribution is 2.33. The predicted molar refractivity (Wildman–Crippen MR) is 63.2 cm³/mol. The van der Waals surface area contributed by atoms with Gasteiger partial charge in [0.05, 0.1) is 11.0 Å². The van der Waals surface area contributed by atoms with Gasteiger partial charge in [-0.2, -0.15) is 0 Å². The van der Waals surface area contributed by atoms with Gasteiger partial charge < -0.3 is 5.11 Å². The number of rotatable bonds is 3. The molecular formula is C12H11FN2OS. The van der Waals surface area contributed by atoms with Crippen LogP contribution in [-0.4, -0.2) is 15.1 Å². The number of halogens is 1. The average molecular weight is 250 g/mol. The van der Waals surface area contributed by atoms with Crippen LogP contribution in [0.25, 0.3) is 0 Å². The van der Waals surface area contributed by atoms with Gasteiger partial charge in [-0.3, -0.25) is 0 Å².